The smallest absolute Gasteiger partial charge is 0.278 e. The molecule has 2 saturated heterocycles. The van der Waals surface area contributed by atoms with Gasteiger partial charge in [-0.25, -0.2) is 0 Å². The molecule has 2 fully saturated rings. The van der Waals surface area contributed by atoms with Crippen molar-refractivity contribution in [1.29, 1.82) is 0 Å². The topological polar surface area (TPSA) is 88.2 Å². The summed E-state index contributed by atoms with van der Waals surface area (Å²) in [7, 11) is 0. The SMILES string of the molecule is NC(=O)[C@H]1CCCCN1C(=O)C[NH+]1CCN(C(=O)c2ccccc2)CC1. The highest BCUT2D eigenvalue weighted by molar-refractivity contribution is 5.94. The zero-order valence-electron chi connectivity index (χ0n) is 15.0. The van der Waals surface area contributed by atoms with Gasteiger partial charge in [0.05, 0.1) is 26.2 Å². The maximum absolute atomic E-state index is 12.6. The van der Waals surface area contributed by atoms with Crippen LogP contribution in [0.3, 0.4) is 0 Å². The van der Waals surface area contributed by atoms with Gasteiger partial charge in [0.1, 0.15) is 6.04 Å². The van der Waals surface area contributed by atoms with Gasteiger partial charge < -0.3 is 20.4 Å². The zero-order valence-corrected chi connectivity index (χ0v) is 15.0. The number of amides is 3. The van der Waals surface area contributed by atoms with Crippen LogP contribution >= 0.6 is 0 Å². The molecule has 7 heteroatoms. The molecule has 1 aromatic rings. The van der Waals surface area contributed by atoms with Crippen molar-refractivity contribution in [2.45, 2.75) is 25.3 Å². The number of carbonyl (C=O) groups is 3. The minimum Gasteiger partial charge on any atom is -0.368 e. The monoisotopic (exact) mass is 359 g/mol. The number of carbonyl (C=O) groups excluding carboxylic acids is 3. The van der Waals surface area contributed by atoms with Gasteiger partial charge in [-0.2, -0.15) is 0 Å². The molecular weight excluding hydrogens is 332 g/mol. The van der Waals surface area contributed by atoms with Crippen LogP contribution in [0.1, 0.15) is 29.6 Å². The lowest BCUT2D eigenvalue weighted by atomic mass is 10.0. The van der Waals surface area contributed by atoms with Crippen molar-refractivity contribution in [3.05, 3.63) is 35.9 Å². The van der Waals surface area contributed by atoms with E-state index < -0.39 is 11.9 Å². The summed E-state index contributed by atoms with van der Waals surface area (Å²) in [6.07, 6.45) is 2.52. The summed E-state index contributed by atoms with van der Waals surface area (Å²) in [6.45, 7) is 3.71. The molecule has 0 radical (unpaired) electrons. The molecule has 2 aliphatic rings. The van der Waals surface area contributed by atoms with Gasteiger partial charge >= 0.3 is 0 Å². The molecule has 0 unspecified atom stereocenters. The first-order chi connectivity index (χ1) is 12.6. The number of benzene rings is 1. The molecule has 0 saturated carbocycles. The van der Waals surface area contributed by atoms with Crippen LogP contribution in [0.15, 0.2) is 30.3 Å². The summed E-state index contributed by atoms with van der Waals surface area (Å²) in [5, 5.41) is 0. The second-order valence-corrected chi connectivity index (χ2v) is 7.09. The normalized spacial score (nSPS) is 21.5. The quantitative estimate of drug-likeness (QED) is 0.715. The molecule has 140 valence electrons. The number of primary amides is 1. The summed E-state index contributed by atoms with van der Waals surface area (Å²) in [4.78, 5) is 41.4. The Balaban J connectivity index is 1.51. The number of piperazine rings is 1. The van der Waals surface area contributed by atoms with Gasteiger partial charge in [-0.3, -0.25) is 14.4 Å². The van der Waals surface area contributed by atoms with E-state index in [4.69, 9.17) is 5.73 Å². The molecule has 3 N–H and O–H groups in total. The third kappa shape index (κ3) is 4.22. The van der Waals surface area contributed by atoms with E-state index in [-0.39, 0.29) is 11.8 Å². The van der Waals surface area contributed by atoms with Gasteiger partial charge in [0, 0.05) is 12.1 Å². The Bertz CT molecular complexity index is 656. The predicted molar refractivity (Wildman–Crippen MR) is 96.5 cm³/mol. The van der Waals surface area contributed by atoms with Crippen LogP contribution < -0.4 is 10.6 Å². The number of nitrogens with zero attached hydrogens (tertiary/aromatic N) is 2. The average Bonchev–Trinajstić information content (AvgIpc) is 2.68. The molecule has 26 heavy (non-hydrogen) atoms. The van der Waals surface area contributed by atoms with Crippen LogP contribution in [0.4, 0.5) is 0 Å². The van der Waals surface area contributed by atoms with E-state index in [1.165, 1.54) is 0 Å². The minimum atomic E-state index is -0.461. The van der Waals surface area contributed by atoms with Gasteiger partial charge in [0.2, 0.25) is 5.91 Å². The Hall–Kier alpha value is -2.41. The Labute approximate surface area is 153 Å². The van der Waals surface area contributed by atoms with Gasteiger partial charge in [0.15, 0.2) is 6.54 Å². The number of hydrogen-bond acceptors (Lipinski definition) is 3. The molecule has 1 aromatic carbocycles. The maximum Gasteiger partial charge on any atom is 0.278 e. The first-order valence-corrected chi connectivity index (χ1v) is 9.33. The van der Waals surface area contributed by atoms with Crippen molar-refractivity contribution in [3.8, 4) is 0 Å². The van der Waals surface area contributed by atoms with Gasteiger partial charge in [-0.15, -0.1) is 0 Å². The van der Waals surface area contributed by atoms with Crippen molar-refractivity contribution in [2.75, 3.05) is 39.3 Å². The number of quaternary nitrogens is 1. The van der Waals surface area contributed by atoms with E-state index in [1.54, 1.807) is 4.90 Å². The lowest BCUT2D eigenvalue weighted by Gasteiger charge is -2.36. The second kappa shape index (κ2) is 8.31. The van der Waals surface area contributed by atoms with Crippen LogP contribution in [0.25, 0.3) is 0 Å². The van der Waals surface area contributed by atoms with Crippen molar-refractivity contribution < 1.29 is 19.3 Å². The van der Waals surface area contributed by atoms with E-state index >= 15 is 0 Å². The number of piperidine rings is 1. The highest BCUT2D eigenvalue weighted by Crippen LogP contribution is 2.16. The fourth-order valence-corrected chi connectivity index (χ4v) is 3.81. The van der Waals surface area contributed by atoms with Crippen molar-refractivity contribution in [3.63, 3.8) is 0 Å². The molecule has 0 aromatic heterocycles. The number of rotatable bonds is 4. The third-order valence-corrected chi connectivity index (χ3v) is 5.33. The molecule has 2 aliphatic heterocycles. The fourth-order valence-electron chi connectivity index (χ4n) is 3.81. The Morgan fingerprint density at radius 3 is 2.38 bits per heavy atom. The standard InChI is InChI=1S/C19H26N4O3/c20-18(25)16-8-4-5-9-23(16)17(24)14-21-10-12-22(13-11-21)19(26)15-6-2-1-3-7-15/h1-3,6-7,16H,4-5,8-14H2,(H2,20,25)/p+1/t16-/m1/s1. The van der Waals surface area contributed by atoms with Crippen molar-refractivity contribution >= 4 is 17.7 Å². The number of likely N-dealkylation sites (tertiary alicyclic amines) is 1. The highest BCUT2D eigenvalue weighted by atomic mass is 16.2. The van der Waals surface area contributed by atoms with Crippen LogP contribution in [0.5, 0.6) is 0 Å². The summed E-state index contributed by atoms with van der Waals surface area (Å²) in [5.41, 5.74) is 6.15. The van der Waals surface area contributed by atoms with E-state index in [1.807, 2.05) is 35.2 Å². The van der Waals surface area contributed by atoms with Gasteiger partial charge in [-0.1, -0.05) is 18.2 Å². The minimum absolute atomic E-state index is 0.00802. The fraction of sp³-hybridized carbons (Fsp3) is 0.526. The first-order valence-electron chi connectivity index (χ1n) is 9.33. The van der Waals surface area contributed by atoms with E-state index in [2.05, 4.69) is 0 Å². The number of hydrogen-bond donors (Lipinski definition) is 2. The van der Waals surface area contributed by atoms with Gasteiger partial charge in [-0.05, 0) is 31.4 Å². The molecule has 0 bridgehead atoms. The predicted octanol–water partition coefficient (Wildman–Crippen LogP) is -1.11. The number of nitrogens with two attached hydrogens (primary N) is 1. The first kappa shape index (κ1) is 18.4. The zero-order chi connectivity index (χ0) is 18.5. The summed E-state index contributed by atoms with van der Waals surface area (Å²) >= 11 is 0. The van der Waals surface area contributed by atoms with Gasteiger partial charge in [0.25, 0.3) is 11.8 Å². The Morgan fingerprint density at radius 1 is 1.04 bits per heavy atom. The highest BCUT2D eigenvalue weighted by Gasteiger charge is 2.33. The summed E-state index contributed by atoms with van der Waals surface area (Å²) < 4.78 is 0. The average molecular weight is 359 g/mol. The van der Waals surface area contributed by atoms with Crippen LogP contribution in [-0.4, -0.2) is 72.8 Å². The lowest BCUT2D eigenvalue weighted by Crippen LogP contribution is -3.16. The van der Waals surface area contributed by atoms with E-state index in [0.29, 0.717) is 38.2 Å². The van der Waals surface area contributed by atoms with Crippen LogP contribution in [0, 0.1) is 0 Å². The Morgan fingerprint density at radius 2 is 1.73 bits per heavy atom. The molecule has 2 heterocycles. The largest absolute Gasteiger partial charge is 0.368 e. The van der Waals surface area contributed by atoms with Crippen molar-refractivity contribution in [1.82, 2.24) is 9.80 Å². The molecule has 1 atom stereocenters. The second-order valence-electron chi connectivity index (χ2n) is 7.09. The maximum atomic E-state index is 12.6. The molecule has 0 spiro atoms. The molecule has 3 amide bonds. The molecule has 7 nitrogen and oxygen atoms in total. The summed E-state index contributed by atoms with van der Waals surface area (Å²) in [6, 6.07) is 8.81. The summed E-state index contributed by atoms with van der Waals surface area (Å²) in [5.74, 6) is -0.376. The van der Waals surface area contributed by atoms with Crippen molar-refractivity contribution in [2.24, 2.45) is 5.73 Å². The molecule has 3 rings (SSSR count). The molecule has 0 aliphatic carbocycles. The third-order valence-electron chi connectivity index (χ3n) is 5.33. The number of nitrogens with one attached hydrogen (secondary N) is 1. The molecular formula is C19H27N4O3+. The van der Waals surface area contributed by atoms with Crippen LogP contribution in [-0.2, 0) is 9.59 Å². The van der Waals surface area contributed by atoms with E-state index in [9.17, 15) is 14.4 Å². The van der Waals surface area contributed by atoms with Crippen LogP contribution in [0.2, 0.25) is 0 Å². The lowest BCUT2D eigenvalue weighted by molar-refractivity contribution is -0.896. The Kier molecular flexibility index (Phi) is 5.88. The van der Waals surface area contributed by atoms with E-state index in [0.717, 1.165) is 30.8 Å².